The molecule has 2 N–H and O–H groups in total. The van der Waals surface area contributed by atoms with Crippen LogP contribution in [0.5, 0.6) is 11.5 Å². The SMILES string of the molecule is CNCc1cc(C)ccc1OCc1ccc(O)cc1. The van der Waals surface area contributed by atoms with Crippen LogP contribution in [0.15, 0.2) is 42.5 Å². The van der Waals surface area contributed by atoms with Gasteiger partial charge in [-0.3, -0.25) is 0 Å². The minimum Gasteiger partial charge on any atom is -0.508 e. The van der Waals surface area contributed by atoms with Gasteiger partial charge >= 0.3 is 0 Å². The van der Waals surface area contributed by atoms with Gasteiger partial charge in [-0.2, -0.15) is 0 Å². The lowest BCUT2D eigenvalue weighted by Gasteiger charge is -2.12. The van der Waals surface area contributed by atoms with Crippen molar-refractivity contribution in [2.75, 3.05) is 7.05 Å². The number of rotatable bonds is 5. The van der Waals surface area contributed by atoms with E-state index in [1.54, 1.807) is 12.1 Å². The van der Waals surface area contributed by atoms with E-state index in [1.807, 2.05) is 31.3 Å². The Balaban J connectivity index is 2.08. The number of phenolic OH excluding ortho intramolecular Hbond substituents is 1. The van der Waals surface area contributed by atoms with Gasteiger partial charge in [-0.05, 0) is 37.7 Å². The molecule has 0 saturated carbocycles. The van der Waals surface area contributed by atoms with Crippen molar-refractivity contribution in [3.8, 4) is 11.5 Å². The molecule has 0 saturated heterocycles. The van der Waals surface area contributed by atoms with E-state index in [0.29, 0.717) is 6.61 Å². The van der Waals surface area contributed by atoms with Crippen molar-refractivity contribution in [3.05, 3.63) is 59.2 Å². The molecule has 2 rings (SSSR count). The van der Waals surface area contributed by atoms with E-state index in [0.717, 1.165) is 23.4 Å². The predicted octanol–water partition coefficient (Wildman–Crippen LogP) is 3.00. The third kappa shape index (κ3) is 3.73. The molecular formula is C16H19NO2. The van der Waals surface area contributed by atoms with E-state index in [9.17, 15) is 5.11 Å². The highest BCUT2D eigenvalue weighted by Crippen LogP contribution is 2.21. The van der Waals surface area contributed by atoms with E-state index in [4.69, 9.17) is 4.74 Å². The van der Waals surface area contributed by atoms with Crippen molar-refractivity contribution in [1.29, 1.82) is 0 Å². The molecular weight excluding hydrogens is 238 g/mol. The number of phenols is 1. The Bertz CT molecular complexity index is 535. The van der Waals surface area contributed by atoms with Crippen LogP contribution in [0.3, 0.4) is 0 Å². The van der Waals surface area contributed by atoms with Crippen LogP contribution in [0, 0.1) is 6.92 Å². The van der Waals surface area contributed by atoms with Crippen molar-refractivity contribution in [3.63, 3.8) is 0 Å². The average Bonchev–Trinajstić information content (AvgIpc) is 2.40. The van der Waals surface area contributed by atoms with Gasteiger partial charge in [0.15, 0.2) is 0 Å². The zero-order valence-corrected chi connectivity index (χ0v) is 11.3. The number of aromatic hydroxyl groups is 1. The number of benzene rings is 2. The maximum atomic E-state index is 9.24. The molecule has 2 aromatic carbocycles. The summed E-state index contributed by atoms with van der Waals surface area (Å²) in [6, 6.07) is 13.2. The van der Waals surface area contributed by atoms with Crippen molar-refractivity contribution in [1.82, 2.24) is 5.32 Å². The van der Waals surface area contributed by atoms with Gasteiger partial charge in [-0.15, -0.1) is 0 Å². The summed E-state index contributed by atoms with van der Waals surface area (Å²) < 4.78 is 5.85. The monoisotopic (exact) mass is 257 g/mol. The molecule has 0 aliphatic heterocycles. The first-order chi connectivity index (χ1) is 9.19. The fourth-order valence-corrected chi connectivity index (χ4v) is 1.93. The van der Waals surface area contributed by atoms with Gasteiger partial charge in [0.05, 0.1) is 0 Å². The molecule has 0 fully saturated rings. The molecule has 0 aliphatic rings. The molecule has 0 aromatic heterocycles. The summed E-state index contributed by atoms with van der Waals surface area (Å²) in [4.78, 5) is 0. The van der Waals surface area contributed by atoms with Crippen LogP contribution in [-0.2, 0) is 13.2 Å². The topological polar surface area (TPSA) is 41.5 Å². The lowest BCUT2D eigenvalue weighted by atomic mass is 10.1. The number of hydrogen-bond acceptors (Lipinski definition) is 3. The number of aryl methyl sites for hydroxylation is 1. The van der Waals surface area contributed by atoms with Crippen LogP contribution < -0.4 is 10.1 Å². The van der Waals surface area contributed by atoms with Gasteiger partial charge in [0.2, 0.25) is 0 Å². The summed E-state index contributed by atoms with van der Waals surface area (Å²) in [6.07, 6.45) is 0. The van der Waals surface area contributed by atoms with E-state index < -0.39 is 0 Å². The normalized spacial score (nSPS) is 10.4. The Labute approximate surface area is 113 Å². The summed E-state index contributed by atoms with van der Waals surface area (Å²) in [5.41, 5.74) is 3.41. The summed E-state index contributed by atoms with van der Waals surface area (Å²) in [5, 5.41) is 12.4. The Hall–Kier alpha value is -2.00. The van der Waals surface area contributed by atoms with Crippen molar-refractivity contribution >= 4 is 0 Å². The van der Waals surface area contributed by atoms with E-state index in [2.05, 4.69) is 18.3 Å². The largest absolute Gasteiger partial charge is 0.508 e. The molecule has 0 unspecified atom stereocenters. The second kappa shape index (κ2) is 6.25. The second-order valence-corrected chi connectivity index (χ2v) is 4.60. The van der Waals surface area contributed by atoms with Crippen LogP contribution in [0.1, 0.15) is 16.7 Å². The van der Waals surface area contributed by atoms with Crippen LogP contribution in [-0.4, -0.2) is 12.2 Å². The molecule has 0 aliphatic carbocycles. The first-order valence-corrected chi connectivity index (χ1v) is 6.34. The quantitative estimate of drug-likeness (QED) is 0.865. The van der Waals surface area contributed by atoms with Crippen LogP contribution in [0.25, 0.3) is 0 Å². The maximum Gasteiger partial charge on any atom is 0.124 e. The summed E-state index contributed by atoms with van der Waals surface area (Å²) in [5.74, 6) is 1.17. The van der Waals surface area contributed by atoms with Crippen LogP contribution >= 0.6 is 0 Å². The lowest BCUT2D eigenvalue weighted by Crippen LogP contribution is -2.08. The zero-order chi connectivity index (χ0) is 13.7. The van der Waals surface area contributed by atoms with Gasteiger partial charge in [0, 0.05) is 12.1 Å². The Morgan fingerprint density at radius 2 is 1.84 bits per heavy atom. The van der Waals surface area contributed by atoms with Gasteiger partial charge in [0.1, 0.15) is 18.1 Å². The Morgan fingerprint density at radius 3 is 2.53 bits per heavy atom. The lowest BCUT2D eigenvalue weighted by molar-refractivity contribution is 0.302. The zero-order valence-electron chi connectivity index (χ0n) is 11.3. The minimum atomic E-state index is 0.273. The fraction of sp³-hybridized carbons (Fsp3) is 0.250. The molecule has 0 atom stereocenters. The molecule has 0 radical (unpaired) electrons. The molecule has 0 spiro atoms. The van der Waals surface area contributed by atoms with E-state index in [1.165, 1.54) is 5.56 Å². The van der Waals surface area contributed by atoms with E-state index in [-0.39, 0.29) is 5.75 Å². The minimum absolute atomic E-state index is 0.273. The van der Waals surface area contributed by atoms with E-state index >= 15 is 0 Å². The Kier molecular flexibility index (Phi) is 4.42. The number of hydrogen-bond donors (Lipinski definition) is 2. The van der Waals surface area contributed by atoms with Crippen LogP contribution in [0.2, 0.25) is 0 Å². The summed E-state index contributed by atoms with van der Waals surface area (Å²) in [7, 11) is 1.92. The van der Waals surface area contributed by atoms with Crippen molar-refractivity contribution in [2.45, 2.75) is 20.1 Å². The highest BCUT2D eigenvalue weighted by Gasteiger charge is 2.04. The van der Waals surface area contributed by atoms with Gasteiger partial charge in [0.25, 0.3) is 0 Å². The molecule has 0 amide bonds. The molecule has 19 heavy (non-hydrogen) atoms. The van der Waals surface area contributed by atoms with Crippen LogP contribution in [0.4, 0.5) is 0 Å². The Morgan fingerprint density at radius 1 is 1.11 bits per heavy atom. The summed E-state index contributed by atoms with van der Waals surface area (Å²) in [6.45, 7) is 3.36. The molecule has 0 bridgehead atoms. The fourth-order valence-electron chi connectivity index (χ4n) is 1.93. The average molecular weight is 257 g/mol. The molecule has 3 nitrogen and oxygen atoms in total. The van der Waals surface area contributed by atoms with Crippen molar-refractivity contribution < 1.29 is 9.84 Å². The molecule has 100 valence electrons. The first-order valence-electron chi connectivity index (χ1n) is 6.34. The van der Waals surface area contributed by atoms with Gasteiger partial charge < -0.3 is 15.2 Å². The number of ether oxygens (including phenoxy) is 1. The highest BCUT2D eigenvalue weighted by molar-refractivity contribution is 5.37. The van der Waals surface area contributed by atoms with Crippen molar-refractivity contribution in [2.24, 2.45) is 0 Å². The standard InChI is InChI=1S/C16H19NO2/c1-12-3-8-16(14(9-12)10-17-2)19-11-13-4-6-15(18)7-5-13/h3-9,17-18H,10-11H2,1-2H3. The third-order valence-electron chi connectivity index (χ3n) is 2.91. The molecule has 0 heterocycles. The molecule has 3 heteroatoms. The third-order valence-corrected chi connectivity index (χ3v) is 2.91. The highest BCUT2D eigenvalue weighted by atomic mass is 16.5. The first kappa shape index (κ1) is 13.4. The van der Waals surface area contributed by atoms with Gasteiger partial charge in [-0.1, -0.05) is 29.8 Å². The smallest absolute Gasteiger partial charge is 0.124 e. The second-order valence-electron chi connectivity index (χ2n) is 4.60. The maximum absolute atomic E-state index is 9.24. The number of nitrogens with one attached hydrogen (secondary N) is 1. The molecule has 2 aromatic rings. The predicted molar refractivity (Wildman–Crippen MR) is 76.4 cm³/mol. The summed E-state index contributed by atoms with van der Waals surface area (Å²) >= 11 is 0. The van der Waals surface area contributed by atoms with Gasteiger partial charge in [-0.25, -0.2) is 0 Å².